The number of nitrogens with one attached hydrogen (secondary N) is 2. The Kier molecular flexibility index (Phi) is 4.61. The van der Waals surface area contributed by atoms with Crippen molar-refractivity contribution >= 4 is 34.7 Å². The third kappa shape index (κ3) is 3.46. The number of amides is 1. The van der Waals surface area contributed by atoms with Gasteiger partial charge < -0.3 is 10.6 Å². The Balaban J connectivity index is 1.59. The second-order valence-corrected chi connectivity index (χ2v) is 5.64. The maximum atomic E-state index is 13.7. The molecule has 0 saturated carbocycles. The van der Waals surface area contributed by atoms with Crippen molar-refractivity contribution < 1.29 is 9.18 Å². The molecule has 0 saturated heterocycles. The molecule has 2 aromatic heterocycles. The molecular weight excluding hydrogens is 333 g/mol. The minimum Gasteiger partial charge on any atom is -0.369 e. The number of fused-ring (bicyclic) bond motifs is 1. The Morgan fingerprint density at radius 1 is 1.42 bits per heavy atom. The maximum Gasteiger partial charge on any atom is 0.226 e. The molecular formula is C16H15ClFN5O. The molecule has 0 atom stereocenters. The van der Waals surface area contributed by atoms with Gasteiger partial charge in [0.05, 0.1) is 17.6 Å². The van der Waals surface area contributed by atoms with Crippen LogP contribution in [0.15, 0.2) is 36.8 Å². The molecule has 0 spiro atoms. The molecule has 3 aromatic rings. The van der Waals surface area contributed by atoms with Gasteiger partial charge in [0, 0.05) is 30.4 Å². The summed E-state index contributed by atoms with van der Waals surface area (Å²) in [6.45, 7) is 2.26. The standard InChI is InChI=1S/C16H15ClFN5O/c1-10-16(23-7-6-19-9-14(23)21-10)20-5-4-15(24)22-13-3-2-11(17)8-12(13)18/h2-3,6-9,20H,4-5H2,1H3,(H,22,24). The van der Waals surface area contributed by atoms with Gasteiger partial charge in [0.25, 0.3) is 0 Å². The number of carbonyl (C=O) groups is 1. The van der Waals surface area contributed by atoms with Gasteiger partial charge in [-0.2, -0.15) is 0 Å². The molecule has 0 fully saturated rings. The number of benzene rings is 1. The number of carbonyl (C=O) groups excluding carboxylic acids is 1. The highest BCUT2D eigenvalue weighted by Gasteiger charge is 2.10. The number of anilines is 2. The lowest BCUT2D eigenvalue weighted by Crippen LogP contribution is -2.17. The lowest BCUT2D eigenvalue weighted by atomic mass is 10.3. The van der Waals surface area contributed by atoms with Crippen LogP contribution in [0.3, 0.4) is 0 Å². The van der Waals surface area contributed by atoms with Gasteiger partial charge in [-0.1, -0.05) is 11.6 Å². The van der Waals surface area contributed by atoms with Gasteiger partial charge in [0.1, 0.15) is 11.6 Å². The molecule has 6 nitrogen and oxygen atoms in total. The number of hydrogen-bond acceptors (Lipinski definition) is 4. The number of hydrogen-bond donors (Lipinski definition) is 2. The summed E-state index contributed by atoms with van der Waals surface area (Å²) in [7, 11) is 0. The molecule has 24 heavy (non-hydrogen) atoms. The maximum absolute atomic E-state index is 13.7. The summed E-state index contributed by atoms with van der Waals surface area (Å²) in [5.74, 6) is -0.0522. The topological polar surface area (TPSA) is 71.3 Å². The molecule has 0 bridgehead atoms. The summed E-state index contributed by atoms with van der Waals surface area (Å²) in [6, 6.07) is 4.12. The molecule has 2 N–H and O–H groups in total. The Morgan fingerprint density at radius 2 is 2.25 bits per heavy atom. The second-order valence-electron chi connectivity index (χ2n) is 5.20. The number of halogens is 2. The normalized spacial score (nSPS) is 10.8. The summed E-state index contributed by atoms with van der Waals surface area (Å²) in [5.41, 5.74) is 1.65. The van der Waals surface area contributed by atoms with Crippen LogP contribution in [0.25, 0.3) is 5.65 Å². The van der Waals surface area contributed by atoms with E-state index in [-0.39, 0.29) is 23.0 Å². The fourth-order valence-corrected chi connectivity index (χ4v) is 2.49. The molecule has 1 amide bonds. The lowest BCUT2D eigenvalue weighted by molar-refractivity contribution is -0.116. The summed E-state index contributed by atoms with van der Waals surface area (Å²) < 4.78 is 15.5. The average Bonchev–Trinajstić information content (AvgIpc) is 2.86. The molecule has 0 radical (unpaired) electrons. The highest BCUT2D eigenvalue weighted by atomic mass is 35.5. The van der Waals surface area contributed by atoms with Crippen molar-refractivity contribution in [3.63, 3.8) is 0 Å². The molecule has 2 heterocycles. The highest BCUT2D eigenvalue weighted by molar-refractivity contribution is 6.30. The van der Waals surface area contributed by atoms with E-state index in [0.717, 1.165) is 23.2 Å². The second kappa shape index (κ2) is 6.84. The number of aromatic nitrogens is 3. The van der Waals surface area contributed by atoms with E-state index in [0.29, 0.717) is 6.54 Å². The predicted molar refractivity (Wildman–Crippen MR) is 90.9 cm³/mol. The minimum atomic E-state index is -0.561. The van der Waals surface area contributed by atoms with Gasteiger partial charge in [-0.3, -0.25) is 14.2 Å². The van der Waals surface area contributed by atoms with Crippen LogP contribution in [0, 0.1) is 12.7 Å². The molecule has 0 aliphatic heterocycles. The van der Waals surface area contributed by atoms with Crippen molar-refractivity contribution in [2.45, 2.75) is 13.3 Å². The fraction of sp³-hybridized carbons (Fsp3) is 0.188. The molecule has 8 heteroatoms. The summed E-state index contributed by atoms with van der Waals surface area (Å²) in [5, 5.41) is 5.98. The zero-order valence-electron chi connectivity index (χ0n) is 12.9. The molecule has 1 aromatic carbocycles. The van der Waals surface area contributed by atoms with Gasteiger partial charge in [-0.15, -0.1) is 0 Å². The van der Waals surface area contributed by atoms with Crippen LogP contribution in [-0.4, -0.2) is 26.8 Å². The Hall–Kier alpha value is -2.67. The van der Waals surface area contributed by atoms with Crippen molar-refractivity contribution in [2.24, 2.45) is 0 Å². The van der Waals surface area contributed by atoms with Crippen LogP contribution < -0.4 is 10.6 Å². The van der Waals surface area contributed by atoms with Crippen LogP contribution in [0.4, 0.5) is 15.9 Å². The lowest BCUT2D eigenvalue weighted by Gasteiger charge is -2.09. The van der Waals surface area contributed by atoms with E-state index in [2.05, 4.69) is 20.6 Å². The van der Waals surface area contributed by atoms with Crippen LogP contribution in [0.1, 0.15) is 12.1 Å². The molecule has 0 aliphatic carbocycles. The van der Waals surface area contributed by atoms with E-state index < -0.39 is 5.82 Å². The van der Waals surface area contributed by atoms with Crippen molar-refractivity contribution in [1.82, 2.24) is 14.4 Å². The van der Waals surface area contributed by atoms with Gasteiger partial charge in [-0.25, -0.2) is 9.37 Å². The Morgan fingerprint density at radius 3 is 3.04 bits per heavy atom. The minimum absolute atomic E-state index is 0.112. The zero-order chi connectivity index (χ0) is 17.1. The molecule has 3 rings (SSSR count). The van der Waals surface area contributed by atoms with Crippen LogP contribution in [0.5, 0.6) is 0 Å². The van der Waals surface area contributed by atoms with Gasteiger partial charge in [0.15, 0.2) is 5.65 Å². The van der Waals surface area contributed by atoms with Gasteiger partial charge in [0.2, 0.25) is 5.91 Å². The van der Waals surface area contributed by atoms with Crippen molar-refractivity contribution in [2.75, 3.05) is 17.2 Å². The molecule has 124 valence electrons. The highest BCUT2D eigenvalue weighted by Crippen LogP contribution is 2.19. The van der Waals surface area contributed by atoms with E-state index in [1.807, 2.05) is 11.3 Å². The average molecular weight is 348 g/mol. The summed E-state index contributed by atoms with van der Waals surface area (Å²) in [4.78, 5) is 20.3. The van der Waals surface area contributed by atoms with Crippen molar-refractivity contribution in [3.05, 3.63) is 53.3 Å². The first kappa shape index (κ1) is 16.2. The molecule has 0 unspecified atom stereocenters. The van der Waals surface area contributed by atoms with E-state index in [1.165, 1.54) is 12.1 Å². The molecule has 0 aliphatic rings. The van der Waals surface area contributed by atoms with Crippen molar-refractivity contribution in [1.29, 1.82) is 0 Å². The third-order valence-corrected chi connectivity index (χ3v) is 3.69. The first-order valence-electron chi connectivity index (χ1n) is 7.32. The first-order valence-corrected chi connectivity index (χ1v) is 7.70. The van der Waals surface area contributed by atoms with E-state index in [9.17, 15) is 9.18 Å². The van der Waals surface area contributed by atoms with E-state index >= 15 is 0 Å². The SMILES string of the molecule is Cc1nc2cnccn2c1NCCC(=O)Nc1ccc(Cl)cc1F. The number of imidazole rings is 1. The third-order valence-electron chi connectivity index (χ3n) is 3.45. The Labute approximate surface area is 142 Å². The summed E-state index contributed by atoms with van der Waals surface area (Å²) >= 11 is 5.68. The summed E-state index contributed by atoms with van der Waals surface area (Å²) in [6.07, 6.45) is 5.30. The van der Waals surface area contributed by atoms with E-state index in [4.69, 9.17) is 11.6 Å². The largest absolute Gasteiger partial charge is 0.369 e. The predicted octanol–water partition coefficient (Wildman–Crippen LogP) is 3.27. The van der Waals surface area contributed by atoms with Crippen LogP contribution in [-0.2, 0) is 4.79 Å². The first-order chi connectivity index (χ1) is 11.5. The Bertz CT molecular complexity index is 895. The van der Waals surface area contributed by atoms with Crippen molar-refractivity contribution in [3.8, 4) is 0 Å². The zero-order valence-corrected chi connectivity index (χ0v) is 13.6. The van der Waals surface area contributed by atoms with Crippen LogP contribution >= 0.6 is 11.6 Å². The number of nitrogens with zero attached hydrogens (tertiary/aromatic N) is 3. The van der Waals surface area contributed by atoms with Crippen LogP contribution in [0.2, 0.25) is 5.02 Å². The number of rotatable bonds is 5. The quantitative estimate of drug-likeness (QED) is 0.743. The van der Waals surface area contributed by atoms with E-state index in [1.54, 1.807) is 18.6 Å². The van der Waals surface area contributed by atoms with Gasteiger partial charge >= 0.3 is 0 Å². The smallest absolute Gasteiger partial charge is 0.226 e. The number of aryl methyl sites for hydroxylation is 1. The fourth-order valence-electron chi connectivity index (χ4n) is 2.34. The monoisotopic (exact) mass is 347 g/mol. The van der Waals surface area contributed by atoms with Gasteiger partial charge in [-0.05, 0) is 25.1 Å².